The van der Waals surface area contributed by atoms with E-state index in [4.69, 9.17) is 20.8 Å². The molecule has 3 aromatic carbocycles. The molecule has 5 nitrogen and oxygen atoms in total. The van der Waals surface area contributed by atoms with Crippen molar-refractivity contribution in [3.63, 3.8) is 0 Å². The van der Waals surface area contributed by atoms with Gasteiger partial charge in [-0.15, -0.1) is 0 Å². The predicted molar refractivity (Wildman–Crippen MR) is 119 cm³/mol. The van der Waals surface area contributed by atoms with Crippen LogP contribution in [0.3, 0.4) is 0 Å². The van der Waals surface area contributed by atoms with E-state index in [-0.39, 0.29) is 12.5 Å². The lowest BCUT2D eigenvalue weighted by Gasteiger charge is -2.08. The lowest BCUT2D eigenvalue weighted by atomic mass is 10.1. The Balaban J connectivity index is 1.28. The molecule has 1 heterocycles. The number of rotatable bonds is 7. The van der Waals surface area contributed by atoms with Crippen molar-refractivity contribution >= 4 is 46.3 Å². The summed E-state index contributed by atoms with van der Waals surface area (Å²) < 4.78 is 11.3. The molecule has 4 aromatic rings. The van der Waals surface area contributed by atoms with Gasteiger partial charge in [0.25, 0.3) is 5.91 Å². The van der Waals surface area contributed by atoms with Gasteiger partial charge in [-0.25, -0.2) is 5.43 Å². The van der Waals surface area contributed by atoms with Crippen LogP contribution in [0.4, 0.5) is 0 Å². The fourth-order valence-corrected chi connectivity index (χ4v) is 3.65. The molecule has 0 unspecified atom stereocenters. The van der Waals surface area contributed by atoms with Crippen LogP contribution in [0.15, 0.2) is 98.4 Å². The molecule has 0 bridgehead atoms. The molecule has 0 spiro atoms. The Labute approximate surface area is 182 Å². The van der Waals surface area contributed by atoms with E-state index in [1.807, 2.05) is 72.8 Å². The lowest BCUT2D eigenvalue weighted by Crippen LogP contribution is -2.24. The quantitative estimate of drug-likeness (QED) is 0.295. The topological polar surface area (TPSA) is 63.8 Å². The normalized spacial score (nSPS) is 11.1. The fraction of sp³-hybridized carbons (Fsp3) is 0.0435. The predicted octanol–water partition coefficient (Wildman–Crippen LogP) is 5.77. The number of furan rings is 1. The zero-order valence-electron chi connectivity index (χ0n) is 15.7. The summed E-state index contributed by atoms with van der Waals surface area (Å²) in [5, 5.41) is 7.33. The van der Waals surface area contributed by atoms with Gasteiger partial charge in [0.2, 0.25) is 0 Å². The van der Waals surface area contributed by atoms with Gasteiger partial charge in [-0.1, -0.05) is 59.8 Å². The number of hydrogen-bond donors (Lipinski definition) is 1. The minimum atomic E-state index is -0.360. The van der Waals surface area contributed by atoms with Crippen LogP contribution in [0, 0.1) is 0 Å². The Kier molecular flexibility index (Phi) is 6.37. The number of nitrogens with one attached hydrogen (secondary N) is 1. The maximum absolute atomic E-state index is 12.0. The van der Waals surface area contributed by atoms with Crippen molar-refractivity contribution in [2.75, 3.05) is 6.61 Å². The van der Waals surface area contributed by atoms with E-state index in [0.29, 0.717) is 21.6 Å². The monoisotopic (exact) mass is 436 g/mol. The molecule has 4 rings (SSSR count). The lowest BCUT2D eigenvalue weighted by molar-refractivity contribution is -0.123. The number of fused-ring (bicyclic) bond motifs is 1. The summed E-state index contributed by atoms with van der Waals surface area (Å²) in [6, 6.07) is 24.7. The summed E-state index contributed by atoms with van der Waals surface area (Å²) in [5.41, 5.74) is 2.44. The molecular formula is C23H17ClN2O3S. The molecule has 150 valence electrons. The van der Waals surface area contributed by atoms with Gasteiger partial charge in [-0.3, -0.25) is 4.79 Å². The Morgan fingerprint density at radius 2 is 1.83 bits per heavy atom. The SMILES string of the molecule is O=C(COc1cccc2ccccc12)N/N=C/c1ccc(Sc2ccc(Cl)cc2)o1. The third kappa shape index (κ3) is 5.23. The van der Waals surface area contributed by atoms with Gasteiger partial charge in [0, 0.05) is 15.3 Å². The molecule has 0 radical (unpaired) electrons. The fourth-order valence-electron chi connectivity index (χ4n) is 2.74. The number of carbonyl (C=O) groups is 1. The van der Waals surface area contributed by atoms with Crippen LogP contribution in [-0.4, -0.2) is 18.7 Å². The third-order valence-corrected chi connectivity index (χ3v) is 5.30. The van der Waals surface area contributed by atoms with Gasteiger partial charge < -0.3 is 9.15 Å². The highest BCUT2D eigenvalue weighted by molar-refractivity contribution is 7.99. The average molecular weight is 437 g/mol. The Bertz CT molecular complexity index is 1180. The Morgan fingerprint density at radius 1 is 1.03 bits per heavy atom. The highest BCUT2D eigenvalue weighted by atomic mass is 35.5. The smallest absolute Gasteiger partial charge is 0.277 e. The summed E-state index contributed by atoms with van der Waals surface area (Å²) in [6.07, 6.45) is 1.45. The second kappa shape index (κ2) is 9.52. The van der Waals surface area contributed by atoms with Crippen LogP contribution >= 0.6 is 23.4 Å². The van der Waals surface area contributed by atoms with Gasteiger partial charge >= 0.3 is 0 Å². The number of ether oxygens (including phenoxy) is 1. The van der Waals surface area contributed by atoms with Crippen molar-refractivity contribution in [1.82, 2.24) is 5.43 Å². The van der Waals surface area contributed by atoms with E-state index in [9.17, 15) is 4.79 Å². The number of benzene rings is 3. The third-order valence-electron chi connectivity index (χ3n) is 4.12. The van der Waals surface area contributed by atoms with Gasteiger partial charge in [-0.2, -0.15) is 5.10 Å². The minimum absolute atomic E-state index is 0.138. The first kappa shape index (κ1) is 20.1. The van der Waals surface area contributed by atoms with Crippen LogP contribution in [0.2, 0.25) is 5.02 Å². The van der Waals surface area contributed by atoms with Crippen LogP contribution < -0.4 is 10.2 Å². The Morgan fingerprint density at radius 3 is 2.70 bits per heavy atom. The molecule has 1 N–H and O–H groups in total. The first-order valence-electron chi connectivity index (χ1n) is 9.13. The highest BCUT2D eigenvalue weighted by Crippen LogP contribution is 2.29. The van der Waals surface area contributed by atoms with E-state index in [1.165, 1.54) is 18.0 Å². The van der Waals surface area contributed by atoms with Crippen molar-refractivity contribution in [2.45, 2.75) is 9.99 Å². The van der Waals surface area contributed by atoms with Gasteiger partial charge in [0.05, 0.1) is 6.21 Å². The van der Waals surface area contributed by atoms with E-state index in [2.05, 4.69) is 10.5 Å². The van der Waals surface area contributed by atoms with Crippen molar-refractivity contribution in [1.29, 1.82) is 0 Å². The number of nitrogens with zero attached hydrogens (tertiary/aromatic N) is 1. The molecule has 0 aliphatic carbocycles. The molecule has 0 saturated heterocycles. The number of amides is 1. The maximum Gasteiger partial charge on any atom is 0.277 e. The molecule has 0 aliphatic heterocycles. The molecule has 0 fully saturated rings. The highest BCUT2D eigenvalue weighted by Gasteiger charge is 2.06. The second-order valence-electron chi connectivity index (χ2n) is 6.27. The van der Waals surface area contributed by atoms with E-state index in [1.54, 1.807) is 6.07 Å². The maximum atomic E-state index is 12.0. The molecule has 7 heteroatoms. The summed E-state index contributed by atoms with van der Waals surface area (Å²) in [7, 11) is 0. The molecule has 0 aliphatic rings. The standard InChI is InChI=1S/C23H17ClN2O3S/c24-17-8-11-19(12-9-17)30-23-13-10-18(29-23)14-25-26-22(27)15-28-21-7-3-5-16-4-1-2-6-20(16)21/h1-14H,15H2,(H,26,27)/b25-14+. The minimum Gasteiger partial charge on any atom is -0.483 e. The Hall–Kier alpha value is -3.22. The van der Waals surface area contributed by atoms with Crippen LogP contribution in [0.1, 0.15) is 5.76 Å². The number of hydrogen-bond acceptors (Lipinski definition) is 5. The van der Waals surface area contributed by atoms with E-state index in [0.717, 1.165) is 15.7 Å². The molecule has 30 heavy (non-hydrogen) atoms. The van der Waals surface area contributed by atoms with Gasteiger partial charge in [0.15, 0.2) is 11.7 Å². The molecule has 0 saturated carbocycles. The number of halogens is 1. The second-order valence-corrected chi connectivity index (χ2v) is 7.79. The van der Waals surface area contributed by atoms with Crippen LogP contribution in [-0.2, 0) is 4.79 Å². The first-order chi connectivity index (χ1) is 14.7. The number of hydrazone groups is 1. The van der Waals surface area contributed by atoms with Crippen molar-refractivity contribution < 1.29 is 13.9 Å². The van der Waals surface area contributed by atoms with Crippen molar-refractivity contribution in [3.05, 3.63) is 89.6 Å². The molecule has 1 amide bonds. The van der Waals surface area contributed by atoms with Crippen molar-refractivity contribution in [2.24, 2.45) is 5.10 Å². The summed E-state index contributed by atoms with van der Waals surface area (Å²) in [5.74, 6) is 0.824. The summed E-state index contributed by atoms with van der Waals surface area (Å²) >= 11 is 7.36. The van der Waals surface area contributed by atoms with Gasteiger partial charge in [-0.05, 0) is 47.9 Å². The van der Waals surface area contributed by atoms with E-state index >= 15 is 0 Å². The number of carbonyl (C=O) groups excluding carboxylic acids is 1. The zero-order chi connectivity index (χ0) is 20.8. The first-order valence-corrected chi connectivity index (χ1v) is 10.3. The summed E-state index contributed by atoms with van der Waals surface area (Å²) in [4.78, 5) is 13.0. The molecule has 1 aromatic heterocycles. The van der Waals surface area contributed by atoms with Crippen LogP contribution in [0.25, 0.3) is 10.8 Å². The summed E-state index contributed by atoms with van der Waals surface area (Å²) in [6.45, 7) is -0.138. The molecule has 0 atom stereocenters. The van der Waals surface area contributed by atoms with Crippen LogP contribution in [0.5, 0.6) is 5.75 Å². The average Bonchev–Trinajstić information content (AvgIpc) is 3.21. The largest absolute Gasteiger partial charge is 0.483 e. The zero-order valence-corrected chi connectivity index (χ0v) is 17.3. The van der Waals surface area contributed by atoms with E-state index < -0.39 is 0 Å². The van der Waals surface area contributed by atoms with Gasteiger partial charge in [0.1, 0.15) is 11.5 Å². The molecular weight excluding hydrogens is 420 g/mol. The van der Waals surface area contributed by atoms with Crippen molar-refractivity contribution in [3.8, 4) is 5.75 Å².